The summed E-state index contributed by atoms with van der Waals surface area (Å²) in [5, 5.41) is 0. The molecule has 2 aromatic rings. The van der Waals surface area contributed by atoms with Crippen molar-refractivity contribution < 1.29 is 13.8 Å². The molecule has 3 heteroatoms. The van der Waals surface area contributed by atoms with Gasteiger partial charge in [-0.1, -0.05) is 36.4 Å². The summed E-state index contributed by atoms with van der Waals surface area (Å²) >= 11 is 0. The van der Waals surface area contributed by atoms with Crippen LogP contribution in [0.1, 0.15) is 4.28 Å². The Morgan fingerprint density at radius 2 is 0.941 bits per heavy atom. The zero-order chi connectivity index (χ0) is 11.6. The van der Waals surface area contributed by atoms with Crippen molar-refractivity contribution in [1.29, 1.82) is 0 Å². The monoisotopic (exact) mass is 246 g/mol. The molecule has 0 N–H and O–H groups in total. The summed E-state index contributed by atoms with van der Waals surface area (Å²) < 4.78 is 9.83. The minimum absolute atomic E-state index is 0. The standard InChI is InChI=1S/2C7H8O.Al.3H/c2*1-8-7-5-3-2-4-6-7;;;;/h2*2-6H,1H3;;;;/q;;+3;3*-1. The molecule has 0 amide bonds. The van der Waals surface area contributed by atoms with Gasteiger partial charge in [0.05, 0.1) is 14.2 Å². The first kappa shape index (κ1) is 15.6. The van der Waals surface area contributed by atoms with Gasteiger partial charge in [0, 0.05) is 0 Å². The topological polar surface area (TPSA) is 18.5 Å². The first-order valence-electron chi connectivity index (χ1n) is 5.05. The van der Waals surface area contributed by atoms with Crippen molar-refractivity contribution in [1.82, 2.24) is 0 Å². The van der Waals surface area contributed by atoms with E-state index >= 15 is 0 Å². The zero-order valence-electron chi connectivity index (χ0n) is 13.2. The molecule has 2 nitrogen and oxygen atoms in total. The molecular formula is C14H19AlO2. The minimum atomic E-state index is 0. The Balaban J connectivity index is -0.000000107. The maximum Gasteiger partial charge on any atom is 3.00 e. The van der Waals surface area contributed by atoms with Gasteiger partial charge in [0.2, 0.25) is 0 Å². The van der Waals surface area contributed by atoms with Crippen LogP contribution in [0, 0.1) is 0 Å². The van der Waals surface area contributed by atoms with Crippen LogP contribution < -0.4 is 9.47 Å². The van der Waals surface area contributed by atoms with E-state index in [9.17, 15) is 0 Å². The molecule has 0 aliphatic rings. The van der Waals surface area contributed by atoms with Crippen molar-refractivity contribution in [2.45, 2.75) is 0 Å². The van der Waals surface area contributed by atoms with E-state index in [-0.39, 0.29) is 21.6 Å². The van der Waals surface area contributed by atoms with Crippen LogP contribution in [0.2, 0.25) is 0 Å². The van der Waals surface area contributed by atoms with Crippen molar-refractivity contribution >= 4 is 17.4 Å². The van der Waals surface area contributed by atoms with E-state index in [1.165, 1.54) is 0 Å². The van der Waals surface area contributed by atoms with E-state index in [2.05, 4.69) is 0 Å². The number of hydrogen-bond donors (Lipinski definition) is 0. The predicted octanol–water partition coefficient (Wildman–Crippen LogP) is 3.35. The van der Waals surface area contributed by atoms with Crippen molar-refractivity contribution in [2.75, 3.05) is 14.2 Å². The number of ether oxygens (including phenoxy) is 2. The van der Waals surface area contributed by atoms with Crippen LogP contribution in [0.25, 0.3) is 0 Å². The fourth-order valence-electron chi connectivity index (χ4n) is 1.11. The zero-order valence-corrected chi connectivity index (χ0v) is 11.3. The fourth-order valence-corrected chi connectivity index (χ4v) is 1.11. The molecule has 0 unspecified atom stereocenters. The Morgan fingerprint density at radius 1 is 0.647 bits per heavy atom. The minimum Gasteiger partial charge on any atom is -1.00 e. The van der Waals surface area contributed by atoms with Crippen LogP contribution in [0.5, 0.6) is 11.5 Å². The van der Waals surface area contributed by atoms with E-state index in [1.807, 2.05) is 60.7 Å². The summed E-state index contributed by atoms with van der Waals surface area (Å²) in [5.41, 5.74) is 0. The van der Waals surface area contributed by atoms with Gasteiger partial charge in [-0.3, -0.25) is 0 Å². The maximum absolute atomic E-state index is 4.91. The fraction of sp³-hybridized carbons (Fsp3) is 0.143. The van der Waals surface area contributed by atoms with E-state index in [0.29, 0.717) is 0 Å². The average Bonchev–Trinajstić information content (AvgIpc) is 2.41. The van der Waals surface area contributed by atoms with Crippen LogP contribution >= 0.6 is 0 Å². The summed E-state index contributed by atoms with van der Waals surface area (Å²) in [6.45, 7) is 0. The van der Waals surface area contributed by atoms with Crippen LogP contribution in [0.3, 0.4) is 0 Å². The summed E-state index contributed by atoms with van der Waals surface area (Å²) in [5.74, 6) is 1.82. The summed E-state index contributed by atoms with van der Waals surface area (Å²) in [7, 11) is 3.32. The van der Waals surface area contributed by atoms with Gasteiger partial charge in [-0.2, -0.15) is 0 Å². The molecule has 0 heterocycles. The normalized spacial score (nSPS) is 8.12. The summed E-state index contributed by atoms with van der Waals surface area (Å²) in [6.07, 6.45) is 0. The van der Waals surface area contributed by atoms with E-state index in [4.69, 9.17) is 9.47 Å². The molecule has 0 aliphatic carbocycles. The Labute approximate surface area is 118 Å². The molecular weight excluding hydrogens is 227 g/mol. The largest absolute Gasteiger partial charge is 3.00 e. The number of benzene rings is 2. The second-order valence-electron chi connectivity index (χ2n) is 3.03. The summed E-state index contributed by atoms with van der Waals surface area (Å²) in [6, 6.07) is 19.4. The van der Waals surface area contributed by atoms with Crippen LogP contribution in [0.4, 0.5) is 0 Å². The molecule has 0 atom stereocenters. The third-order valence-corrected chi connectivity index (χ3v) is 1.96. The number of para-hydroxylation sites is 2. The van der Waals surface area contributed by atoms with Gasteiger partial charge < -0.3 is 13.8 Å². The molecule has 0 fully saturated rings. The molecule has 2 rings (SSSR count). The van der Waals surface area contributed by atoms with E-state index in [1.54, 1.807) is 14.2 Å². The third kappa shape index (κ3) is 6.68. The predicted molar refractivity (Wildman–Crippen MR) is 75.1 cm³/mol. The third-order valence-electron chi connectivity index (χ3n) is 1.96. The molecule has 0 spiro atoms. The molecule has 2 aromatic carbocycles. The van der Waals surface area contributed by atoms with Gasteiger partial charge in [0.25, 0.3) is 0 Å². The Bertz CT molecular complexity index is 349. The van der Waals surface area contributed by atoms with Gasteiger partial charge in [0.15, 0.2) is 0 Å². The van der Waals surface area contributed by atoms with Crippen LogP contribution in [-0.2, 0) is 0 Å². The van der Waals surface area contributed by atoms with Crippen LogP contribution in [-0.4, -0.2) is 31.6 Å². The molecule has 0 bridgehead atoms. The molecule has 0 saturated heterocycles. The molecule has 0 saturated carbocycles. The Hall–Kier alpha value is -1.43. The van der Waals surface area contributed by atoms with E-state index < -0.39 is 0 Å². The molecule has 0 aliphatic heterocycles. The smallest absolute Gasteiger partial charge is 1.00 e. The van der Waals surface area contributed by atoms with Gasteiger partial charge in [-0.15, -0.1) is 0 Å². The number of rotatable bonds is 2. The van der Waals surface area contributed by atoms with Crippen molar-refractivity contribution in [2.24, 2.45) is 0 Å². The Morgan fingerprint density at radius 3 is 1.12 bits per heavy atom. The van der Waals surface area contributed by atoms with E-state index in [0.717, 1.165) is 11.5 Å². The molecule has 0 aromatic heterocycles. The second kappa shape index (κ2) is 9.77. The van der Waals surface area contributed by atoms with Gasteiger partial charge in [-0.05, 0) is 24.3 Å². The van der Waals surface area contributed by atoms with Crippen molar-refractivity contribution in [3.63, 3.8) is 0 Å². The molecule has 0 radical (unpaired) electrons. The SMILES string of the molecule is COc1ccccc1.COc1ccccc1.[Al+3].[H-].[H-].[H-]. The van der Waals surface area contributed by atoms with Gasteiger partial charge >= 0.3 is 17.4 Å². The Kier molecular flexibility index (Phi) is 8.95. The van der Waals surface area contributed by atoms with Gasteiger partial charge in [0.1, 0.15) is 11.5 Å². The number of methoxy groups -OCH3 is 2. The van der Waals surface area contributed by atoms with Crippen molar-refractivity contribution in [3.8, 4) is 11.5 Å². The number of hydrogen-bond acceptors (Lipinski definition) is 2. The maximum atomic E-state index is 4.91. The quantitative estimate of drug-likeness (QED) is 0.756. The average molecular weight is 246 g/mol. The molecule has 17 heavy (non-hydrogen) atoms. The van der Waals surface area contributed by atoms with Crippen LogP contribution in [0.15, 0.2) is 60.7 Å². The summed E-state index contributed by atoms with van der Waals surface area (Å²) in [4.78, 5) is 0. The first-order chi connectivity index (χ1) is 7.86. The first-order valence-corrected chi connectivity index (χ1v) is 5.05. The van der Waals surface area contributed by atoms with Gasteiger partial charge in [-0.25, -0.2) is 0 Å². The van der Waals surface area contributed by atoms with Crippen molar-refractivity contribution in [3.05, 3.63) is 60.7 Å². The second-order valence-corrected chi connectivity index (χ2v) is 3.03. The molecule has 90 valence electrons.